The van der Waals surface area contributed by atoms with Crippen LogP contribution in [0.15, 0.2) is 12.2 Å². The molecule has 28 heavy (non-hydrogen) atoms. The molecule has 2 bridgehead atoms. The summed E-state index contributed by atoms with van der Waals surface area (Å²) < 4.78 is 18.7. The molecule has 2 N–H and O–H groups in total. The first-order valence-corrected chi connectivity index (χ1v) is 12.5. The minimum atomic E-state index is -0.735. The normalized spacial score (nSPS) is 28.1. The number of rotatable bonds is 13. The second-order valence-electron chi connectivity index (χ2n) is 9.06. The summed E-state index contributed by atoms with van der Waals surface area (Å²) in [5.41, 5.74) is 1.17. The molecule has 6 heteroatoms. The SMILES string of the molecule is CCCCCCS(=O)C[C@@H]1[C@H](CC=CCCC(C)(C)C(=O)NO)[C@@H]2CC[C@H]1O2. The summed E-state index contributed by atoms with van der Waals surface area (Å²) in [6, 6.07) is 0. The highest BCUT2D eigenvalue weighted by atomic mass is 32.2. The molecule has 0 radical (unpaired) electrons. The molecular weight excluding hydrogens is 374 g/mol. The van der Waals surface area contributed by atoms with E-state index in [2.05, 4.69) is 19.1 Å². The zero-order valence-electron chi connectivity index (χ0n) is 17.8. The first kappa shape index (κ1) is 23.6. The third-order valence-corrected chi connectivity index (χ3v) is 7.92. The Morgan fingerprint density at radius 3 is 2.57 bits per heavy atom. The van der Waals surface area contributed by atoms with E-state index in [1.807, 2.05) is 13.8 Å². The van der Waals surface area contributed by atoms with Crippen LogP contribution in [0.3, 0.4) is 0 Å². The highest BCUT2D eigenvalue weighted by Crippen LogP contribution is 2.45. The van der Waals surface area contributed by atoms with Crippen molar-refractivity contribution in [2.45, 2.75) is 90.8 Å². The molecule has 0 aromatic carbocycles. The molecule has 2 saturated heterocycles. The number of allylic oxidation sites excluding steroid dienone is 2. The van der Waals surface area contributed by atoms with Crippen LogP contribution in [-0.2, 0) is 20.3 Å². The van der Waals surface area contributed by atoms with Crippen molar-refractivity contribution in [3.63, 3.8) is 0 Å². The van der Waals surface area contributed by atoms with Crippen LogP contribution in [-0.4, -0.2) is 39.0 Å². The predicted molar refractivity (Wildman–Crippen MR) is 114 cm³/mol. The molecule has 0 aliphatic carbocycles. The van der Waals surface area contributed by atoms with Gasteiger partial charge < -0.3 is 4.74 Å². The van der Waals surface area contributed by atoms with Gasteiger partial charge in [-0.3, -0.25) is 14.2 Å². The van der Waals surface area contributed by atoms with Gasteiger partial charge in [0.15, 0.2) is 0 Å². The molecule has 2 aliphatic heterocycles. The number of carbonyl (C=O) groups excluding carboxylic acids is 1. The Morgan fingerprint density at radius 1 is 1.18 bits per heavy atom. The molecule has 0 spiro atoms. The van der Waals surface area contributed by atoms with Crippen LogP contribution in [0.5, 0.6) is 0 Å². The number of carbonyl (C=O) groups is 1. The minimum Gasteiger partial charge on any atom is -0.374 e. The van der Waals surface area contributed by atoms with E-state index in [9.17, 15) is 9.00 Å². The molecule has 0 saturated carbocycles. The first-order chi connectivity index (χ1) is 13.4. The third kappa shape index (κ3) is 6.67. The number of hydroxylamine groups is 1. The van der Waals surface area contributed by atoms with Gasteiger partial charge in [0.2, 0.25) is 5.91 Å². The topological polar surface area (TPSA) is 75.6 Å². The average molecular weight is 414 g/mol. The molecule has 2 heterocycles. The molecule has 162 valence electrons. The number of nitrogens with one attached hydrogen (secondary N) is 1. The fourth-order valence-corrected chi connectivity index (χ4v) is 6.08. The third-order valence-electron chi connectivity index (χ3n) is 6.42. The first-order valence-electron chi connectivity index (χ1n) is 11.0. The Hall–Kier alpha value is -0.720. The number of amides is 1. The molecule has 0 aromatic rings. The Bertz CT molecular complexity index is 549. The fraction of sp³-hybridized carbons (Fsp3) is 0.864. The number of ether oxygens (including phenoxy) is 1. The van der Waals surface area contributed by atoms with Crippen LogP contribution < -0.4 is 5.48 Å². The van der Waals surface area contributed by atoms with Gasteiger partial charge in [-0.25, -0.2) is 5.48 Å². The van der Waals surface area contributed by atoms with Crippen molar-refractivity contribution < 1.29 is 18.9 Å². The molecule has 2 fully saturated rings. The quantitative estimate of drug-likeness (QED) is 0.203. The van der Waals surface area contributed by atoms with Gasteiger partial charge >= 0.3 is 0 Å². The smallest absolute Gasteiger partial charge is 0.248 e. The van der Waals surface area contributed by atoms with Crippen LogP contribution >= 0.6 is 0 Å². The molecule has 5 nitrogen and oxygen atoms in total. The molecule has 1 unspecified atom stereocenters. The van der Waals surface area contributed by atoms with Gasteiger partial charge in [-0.2, -0.15) is 0 Å². The van der Waals surface area contributed by atoms with Gasteiger partial charge in [-0.15, -0.1) is 0 Å². The molecule has 5 atom stereocenters. The fourth-order valence-electron chi connectivity index (χ4n) is 4.50. The zero-order chi connectivity index (χ0) is 20.6. The lowest BCUT2D eigenvalue weighted by Crippen LogP contribution is -2.34. The van der Waals surface area contributed by atoms with Crippen molar-refractivity contribution in [1.29, 1.82) is 0 Å². The highest BCUT2D eigenvalue weighted by Gasteiger charge is 2.48. The second-order valence-corrected chi connectivity index (χ2v) is 10.7. The lowest BCUT2D eigenvalue weighted by Gasteiger charge is -2.27. The largest absolute Gasteiger partial charge is 0.374 e. The van der Waals surface area contributed by atoms with Crippen LogP contribution in [0.1, 0.15) is 78.6 Å². The van der Waals surface area contributed by atoms with Crippen LogP contribution in [0, 0.1) is 17.3 Å². The summed E-state index contributed by atoms with van der Waals surface area (Å²) in [5.74, 6) is 2.17. The number of hydrogen-bond acceptors (Lipinski definition) is 4. The summed E-state index contributed by atoms with van der Waals surface area (Å²) in [5, 5.41) is 8.80. The maximum Gasteiger partial charge on any atom is 0.248 e. The maximum absolute atomic E-state index is 12.5. The van der Waals surface area contributed by atoms with Crippen molar-refractivity contribution in [1.82, 2.24) is 5.48 Å². The molecule has 2 rings (SSSR count). The maximum atomic E-state index is 12.5. The Morgan fingerprint density at radius 2 is 1.89 bits per heavy atom. The van der Waals surface area contributed by atoms with Crippen molar-refractivity contribution >= 4 is 16.7 Å². The van der Waals surface area contributed by atoms with Crippen molar-refractivity contribution in [2.24, 2.45) is 17.3 Å². The van der Waals surface area contributed by atoms with E-state index < -0.39 is 16.2 Å². The molecule has 2 aliphatic rings. The van der Waals surface area contributed by atoms with Gasteiger partial charge in [0.05, 0.1) is 12.2 Å². The molecule has 0 aromatic heterocycles. The average Bonchev–Trinajstić information content (AvgIpc) is 3.26. The number of unbranched alkanes of at least 4 members (excludes halogenated alkanes) is 3. The van der Waals surface area contributed by atoms with E-state index in [4.69, 9.17) is 9.94 Å². The monoisotopic (exact) mass is 413 g/mol. The van der Waals surface area contributed by atoms with E-state index in [0.29, 0.717) is 30.5 Å². The lowest BCUT2D eigenvalue weighted by molar-refractivity contribution is -0.138. The van der Waals surface area contributed by atoms with Gasteiger partial charge in [-0.05, 0) is 44.4 Å². The number of hydrogen-bond donors (Lipinski definition) is 2. The molecular formula is C22H39NO4S. The van der Waals surface area contributed by atoms with Crippen LogP contribution in [0.25, 0.3) is 0 Å². The van der Waals surface area contributed by atoms with E-state index in [0.717, 1.165) is 43.6 Å². The van der Waals surface area contributed by atoms with Crippen molar-refractivity contribution in [3.05, 3.63) is 12.2 Å². The van der Waals surface area contributed by atoms with E-state index in [1.165, 1.54) is 19.3 Å². The van der Waals surface area contributed by atoms with E-state index in [-0.39, 0.29) is 5.91 Å². The van der Waals surface area contributed by atoms with Crippen molar-refractivity contribution in [2.75, 3.05) is 11.5 Å². The lowest BCUT2D eigenvalue weighted by atomic mass is 9.78. The predicted octanol–water partition coefficient (Wildman–Crippen LogP) is 4.37. The summed E-state index contributed by atoms with van der Waals surface area (Å²) in [6.07, 6.45) is 14.4. The van der Waals surface area contributed by atoms with Gasteiger partial charge in [0, 0.05) is 33.6 Å². The summed E-state index contributed by atoms with van der Waals surface area (Å²) in [4.78, 5) is 11.6. The zero-order valence-corrected chi connectivity index (χ0v) is 18.6. The Balaban J connectivity index is 1.77. The molecule has 1 amide bonds. The highest BCUT2D eigenvalue weighted by molar-refractivity contribution is 7.84. The number of fused-ring (bicyclic) bond motifs is 2. The van der Waals surface area contributed by atoms with Crippen LogP contribution in [0.2, 0.25) is 0 Å². The van der Waals surface area contributed by atoms with E-state index >= 15 is 0 Å². The summed E-state index contributed by atoms with van der Waals surface area (Å²) in [7, 11) is -0.735. The summed E-state index contributed by atoms with van der Waals surface area (Å²) in [6.45, 7) is 5.87. The van der Waals surface area contributed by atoms with Gasteiger partial charge in [-0.1, -0.05) is 52.2 Å². The Labute approximate surface area is 173 Å². The van der Waals surface area contributed by atoms with Gasteiger partial charge in [0.25, 0.3) is 0 Å². The van der Waals surface area contributed by atoms with E-state index in [1.54, 1.807) is 5.48 Å². The summed E-state index contributed by atoms with van der Waals surface area (Å²) >= 11 is 0. The van der Waals surface area contributed by atoms with Crippen molar-refractivity contribution in [3.8, 4) is 0 Å². The van der Waals surface area contributed by atoms with Gasteiger partial charge in [0.1, 0.15) is 0 Å². The second kappa shape index (κ2) is 11.5. The van der Waals surface area contributed by atoms with Crippen LogP contribution in [0.4, 0.5) is 0 Å². The standard InChI is InChI=1S/C22H39NO4S/c1-4-5-6-10-15-28(26)16-18-17(19-12-13-20(18)27-19)11-8-7-9-14-22(2,3)21(24)23-25/h7-8,17-20,25H,4-6,9-16H2,1-3H3,(H,23,24)/t17-,18+,19-,20+,28?/m0/s1. The minimum absolute atomic E-state index is 0.301. The Kier molecular flexibility index (Phi) is 9.64.